The summed E-state index contributed by atoms with van der Waals surface area (Å²) in [4.78, 5) is 23.8. The standard InChI is InChI=1S/C13H16ClN3O2/c1-7(12(18)17-8-5-6-8)16-13(19)11-9(14)3-2-4-10(11)15/h2-4,7-8H,5-6,15H2,1H3,(H,16,19)(H,17,18). The first-order chi connectivity index (χ1) is 8.99. The van der Waals surface area contributed by atoms with Crippen molar-refractivity contribution >= 4 is 29.1 Å². The number of halogens is 1. The molecule has 2 rings (SSSR count). The second-order valence-electron chi connectivity index (χ2n) is 4.68. The molecule has 1 aromatic carbocycles. The second kappa shape index (κ2) is 5.48. The van der Waals surface area contributed by atoms with E-state index in [1.165, 1.54) is 0 Å². The van der Waals surface area contributed by atoms with Gasteiger partial charge in [-0.15, -0.1) is 0 Å². The molecular formula is C13H16ClN3O2. The summed E-state index contributed by atoms with van der Waals surface area (Å²) in [5, 5.41) is 5.69. The van der Waals surface area contributed by atoms with Gasteiger partial charge in [0.25, 0.3) is 5.91 Å². The smallest absolute Gasteiger partial charge is 0.255 e. The zero-order valence-corrected chi connectivity index (χ0v) is 11.3. The van der Waals surface area contributed by atoms with Gasteiger partial charge in [0.2, 0.25) is 5.91 Å². The van der Waals surface area contributed by atoms with Gasteiger partial charge < -0.3 is 16.4 Å². The van der Waals surface area contributed by atoms with Crippen LogP contribution in [0.1, 0.15) is 30.1 Å². The van der Waals surface area contributed by atoms with Gasteiger partial charge in [0.1, 0.15) is 6.04 Å². The van der Waals surface area contributed by atoms with Crippen LogP contribution in [0.2, 0.25) is 5.02 Å². The van der Waals surface area contributed by atoms with Crippen molar-refractivity contribution in [3.8, 4) is 0 Å². The highest BCUT2D eigenvalue weighted by Gasteiger charge is 2.26. The molecule has 1 atom stereocenters. The van der Waals surface area contributed by atoms with E-state index in [2.05, 4.69) is 10.6 Å². The summed E-state index contributed by atoms with van der Waals surface area (Å²) in [6.45, 7) is 1.63. The predicted molar refractivity (Wildman–Crippen MR) is 74.0 cm³/mol. The fourth-order valence-corrected chi connectivity index (χ4v) is 1.94. The number of nitrogens with two attached hydrogens (primary N) is 1. The van der Waals surface area contributed by atoms with Gasteiger partial charge in [0.05, 0.1) is 10.6 Å². The Morgan fingerprint density at radius 1 is 1.42 bits per heavy atom. The summed E-state index contributed by atoms with van der Waals surface area (Å²) in [6, 6.07) is 4.48. The second-order valence-corrected chi connectivity index (χ2v) is 5.09. The van der Waals surface area contributed by atoms with E-state index in [-0.39, 0.29) is 22.5 Å². The van der Waals surface area contributed by atoms with Crippen LogP contribution in [0, 0.1) is 0 Å². The molecule has 102 valence electrons. The highest BCUT2D eigenvalue weighted by molar-refractivity contribution is 6.34. The van der Waals surface area contributed by atoms with E-state index in [4.69, 9.17) is 17.3 Å². The number of hydrogen-bond donors (Lipinski definition) is 3. The molecule has 0 spiro atoms. The van der Waals surface area contributed by atoms with E-state index in [9.17, 15) is 9.59 Å². The first kappa shape index (κ1) is 13.7. The molecule has 1 aromatic rings. The molecule has 1 fully saturated rings. The fourth-order valence-electron chi connectivity index (χ4n) is 1.67. The molecule has 4 N–H and O–H groups in total. The zero-order valence-electron chi connectivity index (χ0n) is 10.6. The summed E-state index contributed by atoms with van der Waals surface area (Å²) in [5.41, 5.74) is 6.21. The highest BCUT2D eigenvalue weighted by Crippen LogP contribution is 2.22. The third-order valence-corrected chi connectivity index (χ3v) is 3.25. The van der Waals surface area contributed by atoms with Crippen molar-refractivity contribution in [3.63, 3.8) is 0 Å². The van der Waals surface area contributed by atoms with Crippen molar-refractivity contribution in [1.82, 2.24) is 10.6 Å². The highest BCUT2D eigenvalue weighted by atomic mass is 35.5. The van der Waals surface area contributed by atoms with Gasteiger partial charge in [-0.2, -0.15) is 0 Å². The van der Waals surface area contributed by atoms with Crippen LogP contribution in [-0.4, -0.2) is 23.9 Å². The molecule has 0 aliphatic heterocycles. The van der Waals surface area contributed by atoms with Gasteiger partial charge in [-0.3, -0.25) is 9.59 Å². The number of rotatable bonds is 4. The zero-order chi connectivity index (χ0) is 14.0. The lowest BCUT2D eigenvalue weighted by Gasteiger charge is -2.15. The van der Waals surface area contributed by atoms with E-state index in [0.717, 1.165) is 12.8 Å². The van der Waals surface area contributed by atoms with Crippen LogP contribution < -0.4 is 16.4 Å². The molecule has 1 aliphatic carbocycles. The fraction of sp³-hybridized carbons (Fsp3) is 0.385. The Labute approximate surface area is 116 Å². The third-order valence-electron chi connectivity index (χ3n) is 2.94. The average molecular weight is 282 g/mol. The van der Waals surface area contributed by atoms with Gasteiger partial charge in [0, 0.05) is 11.7 Å². The minimum absolute atomic E-state index is 0.193. The molecular weight excluding hydrogens is 266 g/mol. The van der Waals surface area contributed by atoms with Gasteiger partial charge in [-0.25, -0.2) is 0 Å². The van der Waals surface area contributed by atoms with Crippen LogP contribution in [0.25, 0.3) is 0 Å². The van der Waals surface area contributed by atoms with E-state index >= 15 is 0 Å². The summed E-state index contributed by atoms with van der Waals surface area (Å²) >= 11 is 5.94. The number of nitrogens with one attached hydrogen (secondary N) is 2. The molecule has 2 amide bonds. The Kier molecular flexibility index (Phi) is 3.95. The minimum atomic E-state index is -0.622. The lowest BCUT2D eigenvalue weighted by atomic mass is 10.1. The summed E-state index contributed by atoms with van der Waals surface area (Å²) < 4.78 is 0. The largest absolute Gasteiger partial charge is 0.398 e. The first-order valence-corrected chi connectivity index (χ1v) is 6.52. The monoisotopic (exact) mass is 281 g/mol. The van der Waals surface area contributed by atoms with Crippen LogP contribution in [0.3, 0.4) is 0 Å². The molecule has 1 unspecified atom stereocenters. The Bertz CT molecular complexity index is 494. The molecule has 0 heterocycles. The maximum absolute atomic E-state index is 12.0. The lowest BCUT2D eigenvalue weighted by molar-refractivity contribution is -0.122. The van der Waals surface area contributed by atoms with Crippen LogP contribution in [-0.2, 0) is 4.79 Å². The Morgan fingerprint density at radius 3 is 2.68 bits per heavy atom. The Hall–Kier alpha value is -1.75. The minimum Gasteiger partial charge on any atom is -0.398 e. The predicted octanol–water partition coefficient (Wildman–Crippen LogP) is 1.32. The van der Waals surface area contributed by atoms with Gasteiger partial charge in [-0.1, -0.05) is 17.7 Å². The number of nitrogen functional groups attached to an aromatic ring is 1. The SMILES string of the molecule is CC(NC(=O)c1c(N)cccc1Cl)C(=O)NC1CC1. The molecule has 1 saturated carbocycles. The van der Waals surface area contributed by atoms with Crippen molar-refractivity contribution in [2.24, 2.45) is 0 Å². The normalized spacial score (nSPS) is 15.7. The molecule has 0 bridgehead atoms. The summed E-state index contributed by atoms with van der Waals surface area (Å²) in [7, 11) is 0. The number of amides is 2. The van der Waals surface area contributed by atoms with Crippen molar-refractivity contribution in [2.75, 3.05) is 5.73 Å². The first-order valence-electron chi connectivity index (χ1n) is 6.14. The van der Waals surface area contributed by atoms with E-state index in [0.29, 0.717) is 5.69 Å². The van der Waals surface area contributed by atoms with Crippen LogP contribution in [0.15, 0.2) is 18.2 Å². The van der Waals surface area contributed by atoms with Crippen molar-refractivity contribution in [2.45, 2.75) is 31.8 Å². The summed E-state index contributed by atoms with van der Waals surface area (Å²) in [5.74, 6) is -0.636. The molecule has 0 radical (unpaired) electrons. The average Bonchev–Trinajstić information content (AvgIpc) is 3.12. The van der Waals surface area contributed by atoms with E-state index in [1.54, 1.807) is 25.1 Å². The van der Waals surface area contributed by atoms with Crippen molar-refractivity contribution < 1.29 is 9.59 Å². The van der Waals surface area contributed by atoms with E-state index < -0.39 is 11.9 Å². The Morgan fingerprint density at radius 2 is 2.11 bits per heavy atom. The van der Waals surface area contributed by atoms with Crippen LogP contribution in [0.4, 0.5) is 5.69 Å². The third kappa shape index (κ3) is 3.38. The van der Waals surface area contributed by atoms with Crippen molar-refractivity contribution in [3.05, 3.63) is 28.8 Å². The number of carbonyl (C=O) groups is 2. The molecule has 1 aliphatic rings. The molecule has 5 nitrogen and oxygen atoms in total. The number of hydrogen-bond acceptors (Lipinski definition) is 3. The van der Waals surface area contributed by atoms with Gasteiger partial charge in [0.15, 0.2) is 0 Å². The molecule has 0 aromatic heterocycles. The number of benzene rings is 1. The van der Waals surface area contributed by atoms with Crippen LogP contribution >= 0.6 is 11.6 Å². The Balaban J connectivity index is 2.01. The summed E-state index contributed by atoms with van der Waals surface area (Å²) in [6.07, 6.45) is 2.01. The topological polar surface area (TPSA) is 84.2 Å². The lowest BCUT2D eigenvalue weighted by Crippen LogP contribution is -2.45. The quantitative estimate of drug-likeness (QED) is 0.728. The van der Waals surface area contributed by atoms with E-state index in [1.807, 2.05) is 0 Å². The molecule has 6 heteroatoms. The molecule has 19 heavy (non-hydrogen) atoms. The molecule has 0 saturated heterocycles. The van der Waals surface area contributed by atoms with Gasteiger partial charge in [-0.05, 0) is 31.9 Å². The number of carbonyl (C=O) groups excluding carboxylic acids is 2. The maximum atomic E-state index is 12.0. The van der Waals surface area contributed by atoms with Crippen LogP contribution in [0.5, 0.6) is 0 Å². The number of anilines is 1. The van der Waals surface area contributed by atoms with Crippen molar-refractivity contribution in [1.29, 1.82) is 0 Å². The van der Waals surface area contributed by atoms with Gasteiger partial charge >= 0.3 is 0 Å². The maximum Gasteiger partial charge on any atom is 0.255 e.